The van der Waals surface area contributed by atoms with Crippen LogP contribution in [-0.2, 0) is 11.3 Å². The fourth-order valence-corrected chi connectivity index (χ4v) is 3.49. The maximum atomic E-state index is 6.00. The first-order valence-electron chi connectivity index (χ1n) is 8.98. The molecule has 1 saturated heterocycles. The Bertz CT molecular complexity index is 1030. The van der Waals surface area contributed by atoms with Gasteiger partial charge in [-0.1, -0.05) is 11.3 Å². The number of pyridine rings is 2. The first kappa shape index (κ1) is 16.2. The highest BCUT2D eigenvalue weighted by Gasteiger charge is 2.26. The van der Waals surface area contributed by atoms with Crippen molar-refractivity contribution >= 4 is 5.52 Å². The minimum Gasteiger partial charge on any atom is -0.468 e. The van der Waals surface area contributed by atoms with Crippen LogP contribution >= 0.6 is 0 Å². The summed E-state index contributed by atoms with van der Waals surface area (Å²) >= 11 is 0. The normalized spacial score (nSPS) is 18.1. The van der Waals surface area contributed by atoms with Crippen LogP contribution in [0, 0.1) is 0 Å². The van der Waals surface area contributed by atoms with Gasteiger partial charge in [0.2, 0.25) is 0 Å². The summed E-state index contributed by atoms with van der Waals surface area (Å²) in [5.74, 6) is 0.963. The van der Waals surface area contributed by atoms with Gasteiger partial charge in [-0.15, -0.1) is 5.10 Å². The Kier molecular flexibility index (Phi) is 4.16. The quantitative estimate of drug-likeness (QED) is 0.557. The summed E-state index contributed by atoms with van der Waals surface area (Å²) in [6.45, 7) is 3.08. The van der Waals surface area contributed by atoms with Gasteiger partial charge in [-0.2, -0.15) is 0 Å². The van der Waals surface area contributed by atoms with Crippen molar-refractivity contribution in [3.8, 4) is 11.1 Å². The summed E-state index contributed by atoms with van der Waals surface area (Å²) < 4.78 is 13.3. The van der Waals surface area contributed by atoms with Gasteiger partial charge in [-0.05, 0) is 35.9 Å². The molecule has 1 aliphatic rings. The fourth-order valence-electron chi connectivity index (χ4n) is 3.49. The zero-order chi connectivity index (χ0) is 18.1. The van der Waals surface area contributed by atoms with E-state index in [-0.39, 0.29) is 6.10 Å². The molecular weight excluding hydrogens is 342 g/mol. The van der Waals surface area contributed by atoms with Crippen molar-refractivity contribution in [3.63, 3.8) is 0 Å². The van der Waals surface area contributed by atoms with Gasteiger partial charge in [0.25, 0.3) is 0 Å². The molecule has 5 heterocycles. The van der Waals surface area contributed by atoms with Crippen molar-refractivity contribution in [2.75, 3.05) is 19.7 Å². The smallest absolute Gasteiger partial charge is 0.121 e. The summed E-state index contributed by atoms with van der Waals surface area (Å²) in [6, 6.07) is 12.0. The first-order valence-corrected chi connectivity index (χ1v) is 8.98. The molecule has 0 N–H and O–H groups in total. The van der Waals surface area contributed by atoms with Crippen LogP contribution in [0.15, 0.2) is 65.7 Å². The van der Waals surface area contributed by atoms with E-state index in [1.807, 2.05) is 35.0 Å². The van der Waals surface area contributed by atoms with Crippen LogP contribution in [0.4, 0.5) is 0 Å². The molecule has 0 spiro atoms. The van der Waals surface area contributed by atoms with E-state index in [0.717, 1.165) is 47.7 Å². The second kappa shape index (κ2) is 6.94. The van der Waals surface area contributed by atoms with Crippen molar-refractivity contribution < 1.29 is 9.15 Å². The molecule has 0 saturated carbocycles. The maximum absolute atomic E-state index is 6.00. The Morgan fingerprint density at radius 2 is 2.00 bits per heavy atom. The van der Waals surface area contributed by atoms with E-state index in [2.05, 4.69) is 32.3 Å². The van der Waals surface area contributed by atoms with Gasteiger partial charge in [0.05, 0.1) is 24.9 Å². The first-order chi connectivity index (χ1) is 13.4. The minimum atomic E-state index is -0.0991. The Balaban J connectivity index is 1.39. The second-order valence-corrected chi connectivity index (χ2v) is 6.63. The van der Waals surface area contributed by atoms with Crippen molar-refractivity contribution in [2.45, 2.75) is 12.6 Å². The molecule has 0 aliphatic carbocycles. The summed E-state index contributed by atoms with van der Waals surface area (Å²) in [6.07, 6.45) is 7.18. The topological polar surface area (TPSA) is 68.7 Å². The fraction of sp³-hybridized carbons (Fsp3) is 0.250. The van der Waals surface area contributed by atoms with Crippen molar-refractivity contribution in [3.05, 3.63) is 72.7 Å². The summed E-state index contributed by atoms with van der Waals surface area (Å²) in [4.78, 5) is 6.39. The Morgan fingerprint density at radius 1 is 1.07 bits per heavy atom. The van der Waals surface area contributed by atoms with Gasteiger partial charge in [0.1, 0.15) is 17.6 Å². The van der Waals surface area contributed by atoms with Crippen LogP contribution in [0.5, 0.6) is 0 Å². The predicted molar refractivity (Wildman–Crippen MR) is 98.9 cm³/mol. The molecule has 0 unspecified atom stereocenters. The number of hydrogen-bond acceptors (Lipinski definition) is 6. The van der Waals surface area contributed by atoms with E-state index in [9.17, 15) is 0 Å². The standard InChI is InChI=1S/C20H19N5O2/c1-2-17(26-10-1)13-24-9-11-27-19(14-24)20-18-4-3-16(12-25(18)23-22-20)15-5-7-21-8-6-15/h1-8,10,12,19H,9,11,13-14H2/t19-/m0/s1. The predicted octanol–water partition coefficient (Wildman–Crippen LogP) is 2.96. The minimum absolute atomic E-state index is 0.0991. The van der Waals surface area contributed by atoms with E-state index in [1.165, 1.54) is 0 Å². The van der Waals surface area contributed by atoms with Crippen molar-refractivity contribution in [2.24, 2.45) is 0 Å². The van der Waals surface area contributed by atoms with E-state index >= 15 is 0 Å². The molecule has 7 heteroatoms. The van der Waals surface area contributed by atoms with E-state index in [4.69, 9.17) is 9.15 Å². The highest BCUT2D eigenvalue weighted by atomic mass is 16.5. The molecule has 5 rings (SSSR count). The summed E-state index contributed by atoms with van der Waals surface area (Å²) in [5, 5.41) is 8.73. The molecule has 0 aromatic carbocycles. The number of morpholine rings is 1. The van der Waals surface area contributed by atoms with Crippen LogP contribution in [0.1, 0.15) is 17.6 Å². The lowest BCUT2D eigenvalue weighted by atomic mass is 10.1. The number of hydrogen-bond donors (Lipinski definition) is 0. The average Bonchev–Trinajstić information content (AvgIpc) is 3.38. The van der Waals surface area contributed by atoms with Crippen molar-refractivity contribution in [1.82, 2.24) is 24.7 Å². The van der Waals surface area contributed by atoms with E-state index in [1.54, 1.807) is 18.7 Å². The van der Waals surface area contributed by atoms with E-state index < -0.39 is 0 Å². The van der Waals surface area contributed by atoms with Crippen LogP contribution in [0.3, 0.4) is 0 Å². The molecule has 27 heavy (non-hydrogen) atoms. The molecule has 0 radical (unpaired) electrons. The number of aromatic nitrogens is 4. The molecule has 4 aromatic rings. The zero-order valence-electron chi connectivity index (χ0n) is 14.7. The molecule has 0 bridgehead atoms. The molecule has 1 atom stereocenters. The number of rotatable bonds is 4. The average molecular weight is 361 g/mol. The van der Waals surface area contributed by atoms with Crippen LogP contribution in [-0.4, -0.2) is 44.4 Å². The lowest BCUT2D eigenvalue weighted by Crippen LogP contribution is -2.37. The molecule has 136 valence electrons. The number of nitrogens with zero attached hydrogens (tertiary/aromatic N) is 5. The van der Waals surface area contributed by atoms with E-state index in [0.29, 0.717) is 6.61 Å². The van der Waals surface area contributed by atoms with Crippen LogP contribution < -0.4 is 0 Å². The van der Waals surface area contributed by atoms with Gasteiger partial charge in [0.15, 0.2) is 0 Å². The van der Waals surface area contributed by atoms with Gasteiger partial charge in [-0.3, -0.25) is 9.88 Å². The monoisotopic (exact) mass is 361 g/mol. The van der Waals surface area contributed by atoms with Crippen LogP contribution in [0.25, 0.3) is 16.6 Å². The molecule has 1 fully saturated rings. The molecule has 1 aliphatic heterocycles. The number of ether oxygens (including phenoxy) is 1. The van der Waals surface area contributed by atoms with Gasteiger partial charge >= 0.3 is 0 Å². The third-order valence-electron chi connectivity index (χ3n) is 4.87. The molecule has 0 amide bonds. The lowest BCUT2D eigenvalue weighted by molar-refractivity contribution is -0.0360. The van der Waals surface area contributed by atoms with Crippen LogP contribution in [0.2, 0.25) is 0 Å². The molecular formula is C20H19N5O2. The second-order valence-electron chi connectivity index (χ2n) is 6.63. The maximum Gasteiger partial charge on any atom is 0.121 e. The third kappa shape index (κ3) is 3.22. The van der Waals surface area contributed by atoms with Gasteiger partial charge in [0, 0.05) is 37.2 Å². The third-order valence-corrected chi connectivity index (χ3v) is 4.87. The summed E-state index contributed by atoms with van der Waals surface area (Å²) in [7, 11) is 0. The summed E-state index contributed by atoms with van der Waals surface area (Å²) in [5.41, 5.74) is 4.02. The number of fused-ring (bicyclic) bond motifs is 1. The Labute approximate surface area is 156 Å². The molecule has 7 nitrogen and oxygen atoms in total. The number of furan rings is 1. The lowest BCUT2D eigenvalue weighted by Gasteiger charge is -2.31. The highest BCUT2D eigenvalue weighted by Crippen LogP contribution is 2.27. The Hall–Kier alpha value is -3.03. The van der Waals surface area contributed by atoms with Gasteiger partial charge < -0.3 is 9.15 Å². The van der Waals surface area contributed by atoms with Crippen molar-refractivity contribution in [1.29, 1.82) is 0 Å². The largest absolute Gasteiger partial charge is 0.468 e. The molecule has 4 aromatic heterocycles. The highest BCUT2D eigenvalue weighted by molar-refractivity contribution is 5.65. The van der Waals surface area contributed by atoms with Gasteiger partial charge in [-0.25, -0.2) is 4.52 Å². The zero-order valence-corrected chi connectivity index (χ0v) is 14.7. The SMILES string of the molecule is c1coc(CN2CCO[C@H](c3nnn4cc(-c5ccncc5)ccc34)C2)c1. The Morgan fingerprint density at radius 3 is 2.85 bits per heavy atom.